The summed E-state index contributed by atoms with van der Waals surface area (Å²) in [7, 11) is 2.47. The fourth-order valence-corrected chi connectivity index (χ4v) is 4.87. The lowest BCUT2D eigenvalue weighted by molar-refractivity contribution is -0.139. The van der Waals surface area contributed by atoms with Gasteiger partial charge in [-0.2, -0.15) is 0 Å². The van der Waals surface area contributed by atoms with Gasteiger partial charge >= 0.3 is 5.97 Å². The highest BCUT2D eigenvalue weighted by Gasteiger charge is 2.37. The van der Waals surface area contributed by atoms with Crippen LogP contribution in [0.15, 0.2) is 53.7 Å². The van der Waals surface area contributed by atoms with Crippen LogP contribution in [0.25, 0.3) is 0 Å². The maximum Gasteiger partial charge on any atom is 0.324 e. The Kier molecular flexibility index (Phi) is 5.33. The number of hydrogen-bond acceptors (Lipinski definition) is 6. The molecule has 3 rings (SSSR count). The zero-order chi connectivity index (χ0) is 18.7. The van der Waals surface area contributed by atoms with Crippen LogP contribution in [0.1, 0.15) is 25.3 Å². The number of imide groups is 1. The number of hydrogen-bond donors (Lipinski definition) is 1. The van der Waals surface area contributed by atoms with E-state index >= 15 is 0 Å². The van der Waals surface area contributed by atoms with Gasteiger partial charge in [-0.05, 0) is 47.5 Å². The van der Waals surface area contributed by atoms with Crippen LogP contribution in [0.3, 0.4) is 0 Å². The van der Waals surface area contributed by atoms with Gasteiger partial charge in [-0.1, -0.05) is 29.0 Å². The summed E-state index contributed by atoms with van der Waals surface area (Å²) in [6, 6.07) is 12.0. The van der Waals surface area contributed by atoms with Gasteiger partial charge in [0.1, 0.15) is 9.77 Å². The van der Waals surface area contributed by atoms with Gasteiger partial charge in [0.15, 0.2) is 0 Å². The van der Waals surface area contributed by atoms with Crippen LogP contribution in [-0.4, -0.2) is 27.9 Å². The predicted molar refractivity (Wildman–Crippen MR) is 101 cm³/mol. The van der Waals surface area contributed by atoms with Crippen LogP contribution in [-0.2, 0) is 19.1 Å². The smallest absolute Gasteiger partial charge is 0.324 e. The maximum absolute atomic E-state index is 11.9. The molecule has 2 aromatic rings. The first-order valence-electron chi connectivity index (χ1n) is 7.88. The zero-order valence-electron chi connectivity index (χ0n) is 13.9. The average Bonchev–Trinajstić information content (AvgIpc) is 2.99. The van der Waals surface area contributed by atoms with E-state index in [2.05, 4.69) is 4.98 Å². The molecule has 2 amide bonds. The Hall–Kier alpha value is -2.32. The summed E-state index contributed by atoms with van der Waals surface area (Å²) in [5.74, 6) is -1.44. The number of benzene rings is 1. The minimum Gasteiger partial charge on any atom is -0.480 e. The second-order valence-corrected chi connectivity index (χ2v) is 8.41. The molecule has 1 N–H and O–H groups in total. The van der Waals surface area contributed by atoms with Gasteiger partial charge in [-0.25, -0.2) is 4.98 Å². The number of aromatic nitrogens is 1. The van der Waals surface area contributed by atoms with Gasteiger partial charge in [-0.3, -0.25) is 19.3 Å². The van der Waals surface area contributed by atoms with Crippen LogP contribution in [0.2, 0.25) is 0 Å². The number of amides is 2. The van der Waals surface area contributed by atoms with E-state index in [1.54, 1.807) is 43.5 Å². The molecule has 8 heteroatoms. The van der Waals surface area contributed by atoms with E-state index in [0.29, 0.717) is 11.3 Å². The molecule has 1 aromatic heterocycles. The minimum atomic E-state index is -1.21. The minimum absolute atomic E-state index is 0.212. The lowest BCUT2D eigenvalue weighted by Crippen LogP contribution is -2.30. The Bertz CT molecular complexity index is 826. The molecule has 1 atom stereocenters. The third-order valence-electron chi connectivity index (χ3n) is 4.07. The molecule has 0 spiro atoms. The summed E-state index contributed by atoms with van der Waals surface area (Å²) in [6.07, 6.45) is 2.08. The fraction of sp³-hybridized carbons (Fsp3) is 0.222. The summed E-state index contributed by atoms with van der Waals surface area (Å²) >= 11 is 0. The second-order valence-electron chi connectivity index (χ2n) is 5.84. The largest absolute Gasteiger partial charge is 0.480 e. The molecule has 0 aliphatic carbocycles. The summed E-state index contributed by atoms with van der Waals surface area (Å²) in [5.41, 5.74) is 1.04. The third-order valence-corrected chi connectivity index (χ3v) is 7.07. The average molecular weight is 388 g/mol. The van der Waals surface area contributed by atoms with Gasteiger partial charge in [0.05, 0.1) is 5.69 Å². The second kappa shape index (κ2) is 7.51. The van der Waals surface area contributed by atoms with E-state index in [1.807, 2.05) is 12.1 Å². The number of carbonyl (C=O) groups is 3. The molecule has 1 fully saturated rings. The fourth-order valence-electron chi connectivity index (χ4n) is 2.52. The van der Waals surface area contributed by atoms with Crippen LogP contribution >= 0.6 is 21.6 Å². The molecule has 26 heavy (non-hydrogen) atoms. The number of aliphatic carboxylic acids is 1. The van der Waals surface area contributed by atoms with Crippen molar-refractivity contribution in [2.24, 2.45) is 0 Å². The van der Waals surface area contributed by atoms with Gasteiger partial charge in [0, 0.05) is 19.0 Å². The molecule has 134 valence electrons. The summed E-state index contributed by atoms with van der Waals surface area (Å²) < 4.78 is -1.21. The van der Waals surface area contributed by atoms with Crippen molar-refractivity contribution >= 4 is 45.1 Å². The van der Waals surface area contributed by atoms with Gasteiger partial charge < -0.3 is 5.11 Å². The van der Waals surface area contributed by atoms with Gasteiger partial charge in [0.2, 0.25) is 11.8 Å². The Labute approximate surface area is 158 Å². The summed E-state index contributed by atoms with van der Waals surface area (Å²) in [6.45, 7) is 1.62. The normalized spacial score (nSPS) is 16.6. The number of carboxylic acids is 1. The Balaban J connectivity index is 1.82. The highest BCUT2D eigenvalue weighted by molar-refractivity contribution is 8.77. The molecule has 6 nitrogen and oxygen atoms in total. The van der Waals surface area contributed by atoms with E-state index in [4.69, 9.17) is 0 Å². The molecule has 1 aliphatic heterocycles. The summed E-state index contributed by atoms with van der Waals surface area (Å²) in [5, 5.41) is 10.5. The highest BCUT2D eigenvalue weighted by atomic mass is 33.1. The first-order chi connectivity index (χ1) is 12.4. The Morgan fingerprint density at radius 1 is 1.12 bits per heavy atom. The Morgan fingerprint density at radius 2 is 1.77 bits per heavy atom. The monoisotopic (exact) mass is 388 g/mol. The van der Waals surface area contributed by atoms with Crippen LogP contribution < -0.4 is 4.90 Å². The van der Waals surface area contributed by atoms with Crippen molar-refractivity contribution < 1.29 is 19.5 Å². The number of pyridine rings is 1. The molecule has 1 aromatic carbocycles. The van der Waals surface area contributed by atoms with E-state index in [0.717, 1.165) is 9.93 Å². The number of carboxylic acid groups (broad SMARTS) is 1. The number of rotatable bonds is 6. The van der Waals surface area contributed by atoms with Crippen molar-refractivity contribution in [1.29, 1.82) is 0 Å². The van der Waals surface area contributed by atoms with Crippen molar-refractivity contribution in [2.45, 2.75) is 29.5 Å². The van der Waals surface area contributed by atoms with E-state index in [9.17, 15) is 19.5 Å². The first-order valence-corrected chi connectivity index (χ1v) is 10.0. The van der Waals surface area contributed by atoms with Gasteiger partial charge in [0.25, 0.3) is 0 Å². The zero-order valence-corrected chi connectivity index (χ0v) is 15.5. The number of carbonyl (C=O) groups excluding carboxylic acids is 2. The van der Waals surface area contributed by atoms with Crippen LogP contribution in [0.4, 0.5) is 5.69 Å². The lowest BCUT2D eigenvalue weighted by Gasteiger charge is -2.24. The highest BCUT2D eigenvalue weighted by Crippen LogP contribution is 2.47. The van der Waals surface area contributed by atoms with E-state index in [-0.39, 0.29) is 24.7 Å². The van der Waals surface area contributed by atoms with E-state index in [1.165, 1.54) is 21.6 Å². The van der Waals surface area contributed by atoms with Crippen molar-refractivity contribution in [3.8, 4) is 0 Å². The van der Waals surface area contributed by atoms with Crippen molar-refractivity contribution in [3.63, 3.8) is 0 Å². The molecule has 1 unspecified atom stereocenters. The molecular weight excluding hydrogens is 372 g/mol. The lowest BCUT2D eigenvalue weighted by atomic mass is 10.00. The standard InChI is InChI=1S/C18H16N2O4S2/c1-18(17(23)24,26-25-14-4-2-3-11-19-14)12-5-7-13(8-6-12)20-15(21)9-10-16(20)22/h2-8,11H,9-10H2,1H3,(H,23,24). The molecule has 1 aliphatic rings. The quantitative estimate of drug-likeness (QED) is 0.599. The Morgan fingerprint density at radius 3 is 2.31 bits per heavy atom. The topological polar surface area (TPSA) is 87.6 Å². The number of nitrogens with zero attached hydrogens (tertiary/aromatic N) is 2. The van der Waals surface area contributed by atoms with Crippen molar-refractivity contribution in [3.05, 3.63) is 54.2 Å². The maximum atomic E-state index is 11.9. The summed E-state index contributed by atoms with van der Waals surface area (Å²) in [4.78, 5) is 40.9. The molecule has 0 saturated carbocycles. The molecule has 0 radical (unpaired) electrons. The molecule has 1 saturated heterocycles. The van der Waals surface area contributed by atoms with Crippen LogP contribution in [0, 0.1) is 0 Å². The SMILES string of the molecule is CC(SSc1ccccn1)(C(=O)O)c1ccc(N2C(=O)CCC2=O)cc1. The van der Waals surface area contributed by atoms with Crippen molar-refractivity contribution in [2.75, 3.05) is 4.90 Å². The molecular formula is C18H16N2O4S2. The van der Waals surface area contributed by atoms with Crippen molar-refractivity contribution in [1.82, 2.24) is 4.98 Å². The predicted octanol–water partition coefficient (Wildman–Crippen LogP) is 3.48. The molecule has 0 bridgehead atoms. The molecule has 2 heterocycles. The number of anilines is 1. The van der Waals surface area contributed by atoms with Gasteiger partial charge in [-0.15, -0.1) is 0 Å². The van der Waals surface area contributed by atoms with Crippen LogP contribution in [0.5, 0.6) is 0 Å². The van der Waals surface area contributed by atoms with E-state index < -0.39 is 10.7 Å². The first kappa shape index (κ1) is 18.5. The third kappa shape index (κ3) is 3.61.